The number of benzene rings is 1. The van der Waals surface area contributed by atoms with Crippen molar-refractivity contribution in [3.63, 3.8) is 0 Å². The van der Waals surface area contributed by atoms with Crippen molar-refractivity contribution in [1.82, 2.24) is 15.1 Å². The molecule has 1 saturated heterocycles. The number of aromatic nitrogens is 2. The fraction of sp³-hybridized carbons (Fsp3) is 0.286. The van der Waals surface area contributed by atoms with E-state index in [0.29, 0.717) is 10.6 Å². The molecular formula is C14H14ClN3OS. The lowest BCUT2D eigenvalue weighted by molar-refractivity contribution is 0.0773. The Bertz CT molecular complexity index is 605. The monoisotopic (exact) mass is 307 g/mol. The van der Waals surface area contributed by atoms with E-state index in [2.05, 4.69) is 10.2 Å². The maximum absolute atomic E-state index is 12.6. The summed E-state index contributed by atoms with van der Waals surface area (Å²) in [5, 5.41) is 7.62. The Kier molecular flexibility index (Phi) is 3.98. The molecule has 2 aromatic rings. The van der Waals surface area contributed by atoms with Crippen LogP contribution >= 0.6 is 23.4 Å². The van der Waals surface area contributed by atoms with Crippen LogP contribution in [0, 0.1) is 0 Å². The van der Waals surface area contributed by atoms with Gasteiger partial charge in [-0.05, 0) is 12.1 Å². The number of nitrogens with one attached hydrogen (secondary N) is 1. The Morgan fingerprint density at radius 3 is 2.65 bits per heavy atom. The number of amides is 1. The van der Waals surface area contributed by atoms with Crippen LogP contribution < -0.4 is 0 Å². The quantitative estimate of drug-likeness (QED) is 0.928. The highest BCUT2D eigenvalue weighted by Crippen LogP contribution is 2.24. The second-order valence-electron chi connectivity index (χ2n) is 4.57. The Morgan fingerprint density at radius 1 is 1.25 bits per heavy atom. The van der Waals surface area contributed by atoms with E-state index in [-0.39, 0.29) is 5.91 Å². The highest BCUT2D eigenvalue weighted by atomic mass is 35.5. The maximum atomic E-state index is 12.6. The minimum atomic E-state index is 0.0454. The molecule has 104 valence electrons. The summed E-state index contributed by atoms with van der Waals surface area (Å²) >= 11 is 7.78. The number of halogens is 1. The van der Waals surface area contributed by atoms with Crippen molar-refractivity contribution in [1.29, 1.82) is 0 Å². The molecule has 6 heteroatoms. The van der Waals surface area contributed by atoms with Gasteiger partial charge in [-0.3, -0.25) is 9.89 Å². The first-order valence-electron chi connectivity index (χ1n) is 6.42. The number of hydrogen-bond acceptors (Lipinski definition) is 3. The summed E-state index contributed by atoms with van der Waals surface area (Å²) in [6, 6.07) is 7.39. The number of nitrogens with zero attached hydrogens (tertiary/aromatic N) is 2. The SMILES string of the molecule is O=C(c1cn[nH]c1-c1ccc(Cl)cc1)N1CCSCC1. The number of hydrogen-bond donors (Lipinski definition) is 1. The van der Waals surface area contributed by atoms with E-state index >= 15 is 0 Å². The van der Waals surface area contributed by atoms with Crippen molar-refractivity contribution in [2.45, 2.75) is 0 Å². The molecule has 2 heterocycles. The Hall–Kier alpha value is -1.46. The summed E-state index contributed by atoms with van der Waals surface area (Å²) in [6.45, 7) is 1.60. The van der Waals surface area contributed by atoms with Crippen LogP contribution in [0.15, 0.2) is 30.5 Å². The molecule has 0 radical (unpaired) electrons. The second-order valence-corrected chi connectivity index (χ2v) is 6.23. The lowest BCUT2D eigenvalue weighted by Crippen LogP contribution is -2.37. The fourth-order valence-electron chi connectivity index (χ4n) is 2.22. The molecule has 1 amide bonds. The Labute approximate surface area is 126 Å². The molecule has 3 rings (SSSR count). The van der Waals surface area contributed by atoms with Gasteiger partial charge in [-0.2, -0.15) is 16.9 Å². The number of carbonyl (C=O) groups excluding carboxylic acids is 1. The van der Waals surface area contributed by atoms with Crippen LogP contribution in [0.4, 0.5) is 0 Å². The minimum absolute atomic E-state index is 0.0454. The van der Waals surface area contributed by atoms with E-state index in [9.17, 15) is 4.79 Å². The minimum Gasteiger partial charge on any atom is -0.337 e. The summed E-state index contributed by atoms with van der Waals surface area (Å²) in [7, 11) is 0. The molecule has 1 aliphatic rings. The third-order valence-electron chi connectivity index (χ3n) is 3.30. The molecular weight excluding hydrogens is 294 g/mol. The molecule has 20 heavy (non-hydrogen) atoms. The number of aromatic amines is 1. The van der Waals surface area contributed by atoms with Gasteiger partial charge in [-0.1, -0.05) is 23.7 Å². The summed E-state index contributed by atoms with van der Waals surface area (Å²) < 4.78 is 0. The zero-order valence-electron chi connectivity index (χ0n) is 10.8. The Balaban J connectivity index is 1.89. The largest absolute Gasteiger partial charge is 0.337 e. The molecule has 1 aliphatic heterocycles. The number of rotatable bonds is 2. The normalized spacial score (nSPS) is 15.3. The third kappa shape index (κ3) is 2.69. The third-order valence-corrected chi connectivity index (χ3v) is 4.50. The molecule has 0 saturated carbocycles. The number of H-pyrrole nitrogens is 1. The molecule has 0 spiro atoms. The van der Waals surface area contributed by atoms with E-state index in [0.717, 1.165) is 35.9 Å². The van der Waals surface area contributed by atoms with Crippen molar-refractivity contribution >= 4 is 29.3 Å². The lowest BCUT2D eigenvalue weighted by Gasteiger charge is -2.26. The van der Waals surface area contributed by atoms with E-state index in [1.165, 1.54) is 0 Å². The summed E-state index contributed by atoms with van der Waals surface area (Å²) in [6.07, 6.45) is 1.61. The molecule has 4 nitrogen and oxygen atoms in total. The predicted molar refractivity (Wildman–Crippen MR) is 82.3 cm³/mol. The van der Waals surface area contributed by atoms with Crippen LogP contribution in [-0.2, 0) is 0 Å². The van der Waals surface area contributed by atoms with Gasteiger partial charge in [0.1, 0.15) is 0 Å². The van der Waals surface area contributed by atoms with E-state index in [1.54, 1.807) is 6.20 Å². The zero-order valence-corrected chi connectivity index (χ0v) is 12.4. The van der Waals surface area contributed by atoms with Crippen molar-refractivity contribution in [2.75, 3.05) is 24.6 Å². The molecule has 0 atom stereocenters. The van der Waals surface area contributed by atoms with Gasteiger partial charge >= 0.3 is 0 Å². The molecule has 1 aromatic carbocycles. The van der Waals surface area contributed by atoms with Crippen molar-refractivity contribution < 1.29 is 4.79 Å². The first-order valence-corrected chi connectivity index (χ1v) is 7.95. The average Bonchev–Trinajstić information content (AvgIpc) is 2.97. The summed E-state index contributed by atoms with van der Waals surface area (Å²) in [5.74, 6) is 2.05. The zero-order chi connectivity index (χ0) is 13.9. The van der Waals surface area contributed by atoms with Gasteiger partial charge in [0.25, 0.3) is 5.91 Å². The maximum Gasteiger partial charge on any atom is 0.257 e. The van der Waals surface area contributed by atoms with Crippen LogP contribution in [0.2, 0.25) is 5.02 Å². The van der Waals surface area contributed by atoms with Crippen molar-refractivity contribution in [3.8, 4) is 11.3 Å². The standard InChI is InChI=1S/C14H14ClN3OS/c15-11-3-1-10(2-4-11)13-12(9-16-17-13)14(19)18-5-7-20-8-6-18/h1-4,9H,5-8H2,(H,16,17). The highest BCUT2D eigenvalue weighted by Gasteiger charge is 2.22. The van der Waals surface area contributed by atoms with Crippen LogP contribution in [0.3, 0.4) is 0 Å². The lowest BCUT2D eigenvalue weighted by atomic mass is 10.1. The van der Waals surface area contributed by atoms with Gasteiger partial charge in [0.2, 0.25) is 0 Å². The van der Waals surface area contributed by atoms with E-state index in [4.69, 9.17) is 11.6 Å². The number of carbonyl (C=O) groups is 1. The van der Waals surface area contributed by atoms with Gasteiger partial charge < -0.3 is 4.90 Å². The summed E-state index contributed by atoms with van der Waals surface area (Å²) in [5.41, 5.74) is 2.30. The van der Waals surface area contributed by atoms with Crippen molar-refractivity contribution in [3.05, 3.63) is 41.0 Å². The Morgan fingerprint density at radius 2 is 1.95 bits per heavy atom. The van der Waals surface area contributed by atoms with Crippen LogP contribution in [0.1, 0.15) is 10.4 Å². The number of thioether (sulfide) groups is 1. The molecule has 1 aromatic heterocycles. The van der Waals surface area contributed by atoms with Gasteiger partial charge in [0.15, 0.2) is 0 Å². The molecule has 0 aliphatic carbocycles. The van der Waals surface area contributed by atoms with Crippen LogP contribution in [0.5, 0.6) is 0 Å². The fourth-order valence-corrected chi connectivity index (χ4v) is 3.25. The van der Waals surface area contributed by atoms with Gasteiger partial charge in [0.05, 0.1) is 17.5 Å². The predicted octanol–water partition coefficient (Wildman–Crippen LogP) is 2.92. The smallest absolute Gasteiger partial charge is 0.257 e. The van der Waals surface area contributed by atoms with Crippen LogP contribution in [0.25, 0.3) is 11.3 Å². The first kappa shape index (κ1) is 13.5. The van der Waals surface area contributed by atoms with Gasteiger partial charge in [-0.25, -0.2) is 0 Å². The van der Waals surface area contributed by atoms with Crippen molar-refractivity contribution in [2.24, 2.45) is 0 Å². The topological polar surface area (TPSA) is 49.0 Å². The van der Waals surface area contributed by atoms with E-state index < -0.39 is 0 Å². The van der Waals surface area contributed by atoms with Crippen LogP contribution in [-0.4, -0.2) is 45.6 Å². The molecule has 1 N–H and O–H groups in total. The van der Waals surface area contributed by atoms with Gasteiger partial charge in [-0.15, -0.1) is 0 Å². The summed E-state index contributed by atoms with van der Waals surface area (Å²) in [4.78, 5) is 14.4. The average molecular weight is 308 g/mol. The highest BCUT2D eigenvalue weighted by molar-refractivity contribution is 7.99. The van der Waals surface area contributed by atoms with Gasteiger partial charge in [0, 0.05) is 35.2 Å². The molecule has 0 unspecified atom stereocenters. The molecule has 1 fully saturated rings. The second kappa shape index (κ2) is 5.89. The van der Waals surface area contributed by atoms with E-state index in [1.807, 2.05) is 40.9 Å². The molecule has 0 bridgehead atoms. The first-order chi connectivity index (χ1) is 9.75.